The van der Waals surface area contributed by atoms with Crippen molar-refractivity contribution in [1.82, 2.24) is 4.90 Å². The van der Waals surface area contributed by atoms with Crippen LogP contribution in [0, 0.1) is 5.92 Å². The number of likely N-dealkylation sites (N-methyl/N-ethyl adjacent to an activating group) is 1. The zero-order valence-electron chi connectivity index (χ0n) is 10.8. The van der Waals surface area contributed by atoms with Crippen LogP contribution in [0.3, 0.4) is 0 Å². The molecule has 0 unspecified atom stereocenters. The summed E-state index contributed by atoms with van der Waals surface area (Å²) in [4.78, 5) is 2.09. The molecule has 0 radical (unpaired) electrons. The molecule has 0 bridgehead atoms. The summed E-state index contributed by atoms with van der Waals surface area (Å²) in [6.07, 6.45) is 0.636. The highest BCUT2D eigenvalue weighted by atomic mass is 16.5. The fourth-order valence-corrected chi connectivity index (χ4v) is 2.24. The lowest BCUT2D eigenvalue weighted by Gasteiger charge is -2.13. The molecule has 0 spiro atoms. The largest absolute Gasteiger partial charge is 0.492 e. The van der Waals surface area contributed by atoms with Gasteiger partial charge in [-0.05, 0) is 49.7 Å². The molecule has 0 heterocycles. The van der Waals surface area contributed by atoms with Crippen molar-refractivity contribution in [2.45, 2.75) is 19.4 Å². The van der Waals surface area contributed by atoms with Crippen LogP contribution < -0.4 is 4.74 Å². The molecular formula is C14H21NO2. The second-order valence-corrected chi connectivity index (χ2v) is 5.14. The van der Waals surface area contributed by atoms with E-state index in [4.69, 9.17) is 4.74 Å². The molecule has 1 aliphatic rings. The molecule has 0 aliphatic heterocycles. The highest BCUT2D eigenvalue weighted by molar-refractivity contribution is 5.40. The molecule has 3 heteroatoms. The predicted molar refractivity (Wildman–Crippen MR) is 68.3 cm³/mol. The van der Waals surface area contributed by atoms with Gasteiger partial charge in [-0.1, -0.05) is 13.0 Å². The van der Waals surface area contributed by atoms with E-state index in [2.05, 4.69) is 17.9 Å². The maximum Gasteiger partial charge on any atom is 0.119 e. The molecule has 3 nitrogen and oxygen atoms in total. The Labute approximate surface area is 103 Å². The van der Waals surface area contributed by atoms with E-state index >= 15 is 0 Å². The summed E-state index contributed by atoms with van der Waals surface area (Å²) in [5.74, 6) is 1.18. The number of ether oxygens (including phenoxy) is 1. The quantitative estimate of drug-likeness (QED) is 0.864. The average molecular weight is 235 g/mol. The minimum atomic E-state index is -0.331. The predicted octanol–water partition coefficient (Wildman–Crippen LogP) is 1.85. The van der Waals surface area contributed by atoms with Gasteiger partial charge in [0.1, 0.15) is 12.4 Å². The highest BCUT2D eigenvalue weighted by Crippen LogP contribution is 2.37. The van der Waals surface area contributed by atoms with Gasteiger partial charge in [0.25, 0.3) is 0 Å². The Morgan fingerprint density at radius 1 is 1.41 bits per heavy atom. The van der Waals surface area contributed by atoms with Gasteiger partial charge in [-0.3, -0.25) is 0 Å². The van der Waals surface area contributed by atoms with Crippen molar-refractivity contribution in [2.75, 3.05) is 27.2 Å². The Bertz CT molecular complexity index is 390. The van der Waals surface area contributed by atoms with Gasteiger partial charge in [0, 0.05) is 6.54 Å². The second kappa shape index (κ2) is 5.07. The van der Waals surface area contributed by atoms with Crippen LogP contribution in [-0.2, 0) is 6.42 Å². The fourth-order valence-electron chi connectivity index (χ4n) is 2.24. The first kappa shape index (κ1) is 12.4. The summed E-state index contributed by atoms with van der Waals surface area (Å²) in [5, 5.41) is 10.0. The molecule has 2 rings (SSSR count). The maximum atomic E-state index is 10.0. The zero-order valence-corrected chi connectivity index (χ0v) is 10.8. The van der Waals surface area contributed by atoms with Gasteiger partial charge < -0.3 is 14.7 Å². The topological polar surface area (TPSA) is 32.7 Å². The monoisotopic (exact) mass is 235 g/mol. The number of rotatable bonds is 4. The van der Waals surface area contributed by atoms with Crippen LogP contribution >= 0.6 is 0 Å². The van der Waals surface area contributed by atoms with Gasteiger partial charge in [-0.2, -0.15) is 0 Å². The molecule has 1 aromatic rings. The standard InChI is InChI=1S/C14H21NO2/c1-10-8-11-4-5-12(9-13(11)14(10)16)17-7-6-15(2)3/h4-5,9-10,14,16H,6-8H2,1-3H3/t10-,14-/m0/s1. The number of hydrogen-bond donors (Lipinski definition) is 1. The Hall–Kier alpha value is -1.06. The summed E-state index contributed by atoms with van der Waals surface area (Å²) in [5.41, 5.74) is 2.30. The summed E-state index contributed by atoms with van der Waals surface area (Å²) in [7, 11) is 4.05. The van der Waals surface area contributed by atoms with E-state index in [0.29, 0.717) is 12.5 Å². The van der Waals surface area contributed by atoms with E-state index in [1.54, 1.807) is 0 Å². The third-order valence-electron chi connectivity index (χ3n) is 3.32. The van der Waals surface area contributed by atoms with E-state index in [0.717, 1.165) is 24.3 Å². The summed E-state index contributed by atoms with van der Waals surface area (Å²) in [6, 6.07) is 6.06. The molecule has 0 amide bonds. The van der Waals surface area contributed by atoms with E-state index in [1.807, 2.05) is 26.2 Å². The molecule has 94 valence electrons. The second-order valence-electron chi connectivity index (χ2n) is 5.14. The van der Waals surface area contributed by atoms with Crippen LogP contribution in [0.1, 0.15) is 24.2 Å². The molecule has 1 N–H and O–H groups in total. The minimum Gasteiger partial charge on any atom is -0.492 e. The molecule has 17 heavy (non-hydrogen) atoms. The SMILES string of the molecule is C[C@H]1Cc2ccc(OCCN(C)C)cc2[C@H]1O. The smallest absolute Gasteiger partial charge is 0.119 e. The number of nitrogens with zero attached hydrogens (tertiary/aromatic N) is 1. The van der Waals surface area contributed by atoms with Crippen molar-refractivity contribution >= 4 is 0 Å². The maximum absolute atomic E-state index is 10.0. The number of aliphatic hydroxyl groups is 1. The Balaban J connectivity index is 2.02. The van der Waals surface area contributed by atoms with E-state index in [1.165, 1.54) is 5.56 Å². The van der Waals surface area contributed by atoms with Crippen molar-refractivity contribution in [3.63, 3.8) is 0 Å². The van der Waals surface area contributed by atoms with Gasteiger partial charge in [0.2, 0.25) is 0 Å². The van der Waals surface area contributed by atoms with Crippen molar-refractivity contribution in [1.29, 1.82) is 0 Å². The summed E-state index contributed by atoms with van der Waals surface area (Å²) >= 11 is 0. The molecule has 1 aliphatic carbocycles. The van der Waals surface area contributed by atoms with Crippen molar-refractivity contribution in [2.24, 2.45) is 5.92 Å². The number of benzene rings is 1. The third-order valence-corrected chi connectivity index (χ3v) is 3.32. The zero-order chi connectivity index (χ0) is 12.4. The fraction of sp³-hybridized carbons (Fsp3) is 0.571. The average Bonchev–Trinajstić information content (AvgIpc) is 2.55. The third kappa shape index (κ3) is 2.79. The molecule has 1 aromatic carbocycles. The van der Waals surface area contributed by atoms with Gasteiger partial charge in [0.15, 0.2) is 0 Å². The minimum absolute atomic E-state index is 0.321. The number of hydrogen-bond acceptors (Lipinski definition) is 3. The normalized spacial score (nSPS) is 22.9. The lowest BCUT2D eigenvalue weighted by molar-refractivity contribution is 0.132. The first-order chi connectivity index (χ1) is 8.08. The lowest BCUT2D eigenvalue weighted by atomic mass is 10.1. The van der Waals surface area contributed by atoms with E-state index in [9.17, 15) is 5.11 Å². The molecule has 2 atom stereocenters. The van der Waals surface area contributed by atoms with Crippen LogP contribution in [0.2, 0.25) is 0 Å². The molecule has 0 saturated carbocycles. The van der Waals surface area contributed by atoms with E-state index < -0.39 is 0 Å². The first-order valence-electron chi connectivity index (χ1n) is 6.16. The van der Waals surface area contributed by atoms with E-state index in [-0.39, 0.29) is 6.10 Å². The first-order valence-corrected chi connectivity index (χ1v) is 6.16. The molecule has 0 aromatic heterocycles. The van der Waals surface area contributed by atoms with Crippen LogP contribution in [-0.4, -0.2) is 37.3 Å². The van der Waals surface area contributed by atoms with Crippen LogP contribution in [0.4, 0.5) is 0 Å². The van der Waals surface area contributed by atoms with Crippen molar-refractivity contribution < 1.29 is 9.84 Å². The highest BCUT2D eigenvalue weighted by Gasteiger charge is 2.27. The van der Waals surface area contributed by atoms with Crippen molar-refractivity contribution in [3.05, 3.63) is 29.3 Å². The summed E-state index contributed by atoms with van der Waals surface area (Å²) < 4.78 is 5.67. The van der Waals surface area contributed by atoms with Crippen molar-refractivity contribution in [3.8, 4) is 5.75 Å². The molecular weight excluding hydrogens is 214 g/mol. The summed E-state index contributed by atoms with van der Waals surface area (Å²) in [6.45, 7) is 3.66. The van der Waals surface area contributed by atoms with Gasteiger partial charge in [-0.15, -0.1) is 0 Å². The molecule has 0 fully saturated rings. The Kier molecular flexibility index (Phi) is 3.69. The van der Waals surface area contributed by atoms with Crippen LogP contribution in [0.25, 0.3) is 0 Å². The van der Waals surface area contributed by atoms with Gasteiger partial charge in [0.05, 0.1) is 6.10 Å². The lowest BCUT2D eigenvalue weighted by Crippen LogP contribution is -2.19. The Morgan fingerprint density at radius 2 is 2.18 bits per heavy atom. The Morgan fingerprint density at radius 3 is 2.88 bits per heavy atom. The van der Waals surface area contributed by atoms with Crippen LogP contribution in [0.15, 0.2) is 18.2 Å². The molecule has 0 saturated heterocycles. The number of fused-ring (bicyclic) bond motifs is 1. The number of aliphatic hydroxyl groups excluding tert-OH is 1. The van der Waals surface area contributed by atoms with Gasteiger partial charge >= 0.3 is 0 Å². The van der Waals surface area contributed by atoms with Crippen LogP contribution in [0.5, 0.6) is 5.75 Å². The van der Waals surface area contributed by atoms with Gasteiger partial charge in [-0.25, -0.2) is 0 Å².